The van der Waals surface area contributed by atoms with Crippen molar-refractivity contribution in [3.63, 3.8) is 0 Å². The molecule has 0 amide bonds. The lowest BCUT2D eigenvalue weighted by atomic mass is 10.0. The fourth-order valence-corrected chi connectivity index (χ4v) is 3.59. The van der Waals surface area contributed by atoms with Gasteiger partial charge < -0.3 is 5.32 Å². The van der Waals surface area contributed by atoms with Crippen molar-refractivity contribution in [1.29, 1.82) is 0 Å². The largest absolute Gasteiger partial charge is 0.361 e. The second-order valence-electron chi connectivity index (χ2n) is 6.31. The fourth-order valence-electron chi connectivity index (χ4n) is 3.08. The van der Waals surface area contributed by atoms with Crippen molar-refractivity contribution < 1.29 is 4.92 Å². The monoisotopic (exact) mass is 379 g/mol. The van der Waals surface area contributed by atoms with Crippen molar-refractivity contribution >= 4 is 34.7 Å². The van der Waals surface area contributed by atoms with Gasteiger partial charge in [0.2, 0.25) is 5.82 Å². The Balaban J connectivity index is 2.03. The van der Waals surface area contributed by atoms with Crippen LogP contribution < -0.4 is 5.32 Å². The van der Waals surface area contributed by atoms with E-state index < -0.39 is 4.92 Å². The maximum atomic E-state index is 11.8. The molecular formula is C18H19Cl2N3O2. The van der Waals surface area contributed by atoms with Crippen LogP contribution in [0.5, 0.6) is 0 Å². The minimum Gasteiger partial charge on any atom is -0.361 e. The summed E-state index contributed by atoms with van der Waals surface area (Å²) < 4.78 is 0. The molecule has 1 atom stereocenters. The van der Waals surface area contributed by atoms with E-state index in [9.17, 15) is 10.1 Å². The number of rotatable bonds is 7. The molecule has 7 heteroatoms. The molecule has 1 aliphatic rings. The zero-order chi connectivity index (χ0) is 18.0. The van der Waals surface area contributed by atoms with Crippen LogP contribution in [0.3, 0.4) is 0 Å². The standard InChI is InChI=1S/C18H19Cl2N3O2/c1-2-3-16(11-4-5-11)22-18-17(23(24)25)14(8-9-21-18)13-7-6-12(19)10-15(13)20/h6-11,16H,2-5H2,1H3,(H,21,22). The first-order valence-electron chi connectivity index (χ1n) is 8.36. The number of aromatic nitrogens is 1. The molecule has 5 nitrogen and oxygen atoms in total. The Labute approximate surface area is 156 Å². The number of nitro groups is 1. The van der Waals surface area contributed by atoms with E-state index in [2.05, 4.69) is 17.2 Å². The van der Waals surface area contributed by atoms with Gasteiger partial charge in [-0.15, -0.1) is 0 Å². The van der Waals surface area contributed by atoms with Crippen LogP contribution in [0, 0.1) is 16.0 Å². The van der Waals surface area contributed by atoms with Gasteiger partial charge in [-0.25, -0.2) is 4.98 Å². The molecule has 0 saturated heterocycles. The van der Waals surface area contributed by atoms with E-state index in [1.165, 1.54) is 0 Å². The van der Waals surface area contributed by atoms with Crippen molar-refractivity contribution in [2.75, 3.05) is 5.32 Å². The molecule has 0 spiro atoms. The van der Waals surface area contributed by atoms with Crippen LogP contribution in [0.1, 0.15) is 32.6 Å². The van der Waals surface area contributed by atoms with Crippen molar-refractivity contribution in [3.8, 4) is 11.1 Å². The van der Waals surface area contributed by atoms with Crippen LogP contribution in [-0.4, -0.2) is 15.9 Å². The average Bonchev–Trinajstić information content (AvgIpc) is 3.39. The first-order valence-corrected chi connectivity index (χ1v) is 9.12. The fraction of sp³-hybridized carbons (Fsp3) is 0.389. The Morgan fingerprint density at radius 1 is 1.32 bits per heavy atom. The van der Waals surface area contributed by atoms with Crippen molar-refractivity contribution in [2.24, 2.45) is 5.92 Å². The Hall–Kier alpha value is -1.85. The Bertz CT molecular complexity index is 794. The molecule has 1 heterocycles. The van der Waals surface area contributed by atoms with Crippen LogP contribution >= 0.6 is 23.2 Å². The Morgan fingerprint density at radius 2 is 2.08 bits per heavy atom. The molecule has 1 N–H and O–H groups in total. The van der Waals surface area contributed by atoms with Crippen LogP contribution in [0.2, 0.25) is 10.0 Å². The van der Waals surface area contributed by atoms with Crippen LogP contribution in [0.25, 0.3) is 11.1 Å². The third kappa shape index (κ3) is 4.05. The number of benzene rings is 1. The summed E-state index contributed by atoms with van der Waals surface area (Å²) in [6.45, 7) is 2.11. The van der Waals surface area contributed by atoms with E-state index in [4.69, 9.17) is 23.2 Å². The third-order valence-electron chi connectivity index (χ3n) is 4.44. The highest BCUT2D eigenvalue weighted by Gasteiger charge is 2.33. The zero-order valence-electron chi connectivity index (χ0n) is 13.8. The molecular weight excluding hydrogens is 361 g/mol. The van der Waals surface area contributed by atoms with Gasteiger partial charge in [0.05, 0.1) is 15.5 Å². The maximum absolute atomic E-state index is 11.8. The molecule has 25 heavy (non-hydrogen) atoms. The van der Waals surface area contributed by atoms with Crippen LogP contribution in [0.15, 0.2) is 30.5 Å². The van der Waals surface area contributed by atoms with Gasteiger partial charge in [-0.3, -0.25) is 10.1 Å². The number of hydrogen-bond donors (Lipinski definition) is 1. The minimum absolute atomic E-state index is 0.0477. The molecule has 1 unspecified atom stereocenters. The van der Waals surface area contributed by atoms with Gasteiger partial charge in [0.25, 0.3) is 0 Å². The quantitative estimate of drug-likeness (QED) is 0.476. The highest BCUT2D eigenvalue weighted by molar-refractivity contribution is 6.36. The summed E-state index contributed by atoms with van der Waals surface area (Å²) in [5, 5.41) is 15.9. The van der Waals surface area contributed by atoms with Crippen molar-refractivity contribution in [1.82, 2.24) is 4.98 Å². The predicted molar refractivity (Wildman–Crippen MR) is 101 cm³/mol. The average molecular weight is 380 g/mol. The Morgan fingerprint density at radius 3 is 2.68 bits per heavy atom. The first-order chi connectivity index (χ1) is 12.0. The van der Waals surface area contributed by atoms with Gasteiger partial charge >= 0.3 is 5.69 Å². The summed E-state index contributed by atoms with van der Waals surface area (Å²) in [5.74, 6) is 0.878. The summed E-state index contributed by atoms with van der Waals surface area (Å²) in [5.41, 5.74) is 0.963. The molecule has 132 valence electrons. The molecule has 1 fully saturated rings. The minimum atomic E-state index is -0.397. The van der Waals surface area contributed by atoms with Gasteiger partial charge in [0.1, 0.15) is 0 Å². The lowest BCUT2D eigenvalue weighted by molar-refractivity contribution is -0.383. The maximum Gasteiger partial charge on any atom is 0.319 e. The second-order valence-corrected chi connectivity index (χ2v) is 7.16. The summed E-state index contributed by atoms with van der Waals surface area (Å²) >= 11 is 12.2. The van der Waals surface area contributed by atoms with Crippen molar-refractivity contribution in [2.45, 2.75) is 38.6 Å². The van der Waals surface area contributed by atoms with Crippen LogP contribution in [0.4, 0.5) is 11.5 Å². The van der Waals surface area contributed by atoms with Crippen LogP contribution in [-0.2, 0) is 0 Å². The number of nitrogens with one attached hydrogen (secondary N) is 1. The molecule has 0 aliphatic heterocycles. The normalized spacial score (nSPS) is 15.0. The van der Waals surface area contributed by atoms with E-state index in [1.54, 1.807) is 30.5 Å². The molecule has 0 bridgehead atoms. The highest BCUT2D eigenvalue weighted by Crippen LogP contribution is 2.41. The van der Waals surface area contributed by atoms with E-state index >= 15 is 0 Å². The topological polar surface area (TPSA) is 68.1 Å². The van der Waals surface area contributed by atoms with Gasteiger partial charge in [-0.1, -0.05) is 42.6 Å². The summed E-state index contributed by atoms with van der Waals surface area (Å²) in [4.78, 5) is 15.6. The lowest BCUT2D eigenvalue weighted by Crippen LogP contribution is -2.23. The van der Waals surface area contributed by atoms with E-state index in [0.29, 0.717) is 32.9 Å². The highest BCUT2D eigenvalue weighted by atomic mass is 35.5. The van der Waals surface area contributed by atoms with E-state index in [-0.39, 0.29) is 11.7 Å². The molecule has 1 aromatic heterocycles. The first kappa shape index (κ1) is 18.0. The van der Waals surface area contributed by atoms with Gasteiger partial charge in [-0.2, -0.15) is 0 Å². The lowest BCUT2D eigenvalue weighted by Gasteiger charge is -2.19. The summed E-state index contributed by atoms with van der Waals surface area (Å²) in [6, 6.07) is 6.78. The predicted octanol–water partition coefficient (Wildman–Crippen LogP) is 5.95. The number of pyridine rings is 1. The zero-order valence-corrected chi connectivity index (χ0v) is 15.3. The molecule has 1 aromatic carbocycles. The number of halogens is 2. The molecule has 0 radical (unpaired) electrons. The molecule has 3 rings (SSSR count). The second kappa shape index (κ2) is 7.58. The molecule has 2 aromatic rings. The van der Waals surface area contributed by atoms with E-state index in [1.807, 2.05) is 0 Å². The number of hydrogen-bond acceptors (Lipinski definition) is 4. The third-order valence-corrected chi connectivity index (χ3v) is 4.99. The Kier molecular flexibility index (Phi) is 5.45. The van der Waals surface area contributed by atoms with E-state index in [0.717, 1.165) is 25.7 Å². The summed E-state index contributed by atoms with van der Waals surface area (Å²) in [6.07, 6.45) is 5.88. The van der Waals surface area contributed by atoms with Gasteiger partial charge in [-0.05, 0) is 43.4 Å². The number of nitrogens with zero attached hydrogens (tertiary/aromatic N) is 2. The van der Waals surface area contributed by atoms with Crippen molar-refractivity contribution in [3.05, 3.63) is 50.6 Å². The smallest absolute Gasteiger partial charge is 0.319 e. The summed E-state index contributed by atoms with van der Waals surface area (Å²) in [7, 11) is 0. The molecule has 1 saturated carbocycles. The SMILES string of the molecule is CCCC(Nc1nccc(-c2ccc(Cl)cc2Cl)c1[N+](=O)[O-])C1CC1. The molecule has 1 aliphatic carbocycles. The number of anilines is 1. The van der Waals surface area contributed by atoms with Gasteiger partial charge in [0, 0.05) is 22.8 Å². The van der Waals surface area contributed by atoms with Gasteiger partial charge in [0.15, 0.2) is 0 Å².